The maximum atomic E-state index is 11.5. The first kappa shape index (κ1) is 21.7. The Balaban J connectivity index is 1.22. The van der Waals surface area contributed by atoms with Crippen LogP contribution in [-0.4, -0.2) is 62.4 Å². The summed E-state index contributed by atoms with van der Waals surface area (Å²) in [7, 11) is 0. The number of likely N-dealkylation sites (tertiary alicyclic amines) is 1. The highest BCUT2D eigenvalue weighted by Gasteiger charge is 2.37. The summed E-state index contributed by atoms with van der Waals surface area (Å²) in [6.07, 6.45) is 2.37. The summed E-state index contributed by atoms with van der Waals surface area (Å²) < 4.78 is 0. The zero-order valence-electron chi connectivity index (χ0n) is 18.8. The van der Waals surface area contributed by atoms with E-state index in [9.17, 15) is 9.90 Å². The first-order chi connectivity index (χ1) is 16.0. The van der Waals surface area contributed by atoms with Crippen LogP contribution in [0.4, 0.5) is 11.6 Å². The number of carbonyl (C=O) groups is 1. The zero-order valence-corrected chi connectivity index (χ0v) is 18.8. The van der Waals surface area contributed by atoms with Gasteiger partial charge in [0.2, 0.25) is 5.95 Å². The predicted octanol–water partition coefficient (Wildman–Crippen LogP) is 3.03. The quantitative estimate of drug-likeness (QED) is 0.567. The molecule has 2 aromatic carbocycles. The van der Waals surface area contributed by atoms with Gasteiger partial charge in [0.25, 0.3) is 0 Å². The Labute approximate surface area is 194 Å². The number of hydrogen-bond donors (Lipinski definition) is 2. The summed E-state index contributed by atoms with van der Waals surface area (Å²) in [5, 5.41) is 14.0. The normalized spacial score (nSPS) is 21.0. The number of Topliss-reactive ketones (excluding diaryl/α,β-unsaturated/α-hetero) is 1. The largest absolute Gasteiger partial charge is 0.390 e. The molecule has 0 saturated carbocycles. The third kappa shape index (κ3) is 4.95. The summed E-state index contributed by atoms with van der Waals surface area (Å²) in [4.78, 5) is 25.4. The summed E-state index contributed by atoms with van der Waals surface area (Å²) in [5.74, 6) is 0.611. The molecule has 3 aromatic rings. The topological polar surface area (TPSA) is 81.6 Å². The Bertz CT molecular complexity index is 1120. The molecule has 7 nitrogen and oxygen atoms in total. The van der Waals surface area contributed by atoms with Gasteiger partial charge >= 0.3 is 0 Å². The van der Waals surface area contributed by atoms with Crippen molar-refractivity contribution >= 4 is 17.4 Å². The Morgan fingerprint density at radius 3 is 2.67 bits per heavy atom. The van der Waals surface area contributed by atoms with Gasteiger partial charge in [-0.15, -0.1) is 0 Å². The monoisotopic (exact) mass is 443 g/mol. The third-order valence-electron chi connectivity index (χ3n) is 6.56. The van der Waals surface area contributed by atoms with Crippen molar-refractivity contribution in [1.82, 2.24) is 19.8 Å². The number of nitrogens with zero attached hydrogens (tertiary/aromatic N) is 4. The van der Waals surface area contributed by atoms with Crippen LogP contribution in [0.25, 0.3) is 0 Å². The van der Waals surface area contributed by atoms with E-state index < -0.39 is 0 Å². The number of β-amino-alcohol motifs (C(OH)–C–C–N with tert-alkyl or cyclic N) is 1. The van der Waals surface area contributed by atoms with Crippen molar-refractivity contribution in [1.29, 1.82) is 0 Å². The number of anilines is 2. The Hall–Kier alpha value is -3.13. The number of carbonyl (C=O) groups excluding carboxylic acids is 1. The molecule has 3 heterocycles. The second-order valence-electron chi connectivity index (χ2n) is 8.96. The van der Waals surface area contributed by atoms with Gasteiger partial charge in [0.05, 0.1) is 11.8 Å². The number of nitrogens with one attached hydrogen (secondary N) is 1. The van der Waals surface area contributed by atoms with Gasteiger partial charge in [-0.3, -0.25) is 14.6 Å². The molecule has 0 aliphatic carbocycles. The molecule has 1 saturated heterocycles. The van der Waals surface area contributed by atoms with Crippen molar-refractivity contribution in [3.05, 3.63) is 83.2 Å². The lowest BCUT2D eigenvalue weighted by atomic mass is 10.0. The molecule has 0 amide bonds. The van der Waals surface area contributed by atoms with Crippen LogP contribution in [0.1, 0.15) is 34.1 Å². The predicted molar refractivity (Wildman–Crippen MR) is 127 cm³/mol. The van der Waals surface area contributed by atoms with E-state index in [1.165, 1.54) is 5.56 Å². The SMILES string of the molecule is CC(=O)c1ccc(Nc2ncc3c(n2)CCN(C2CN(Cc4ccccc4)CC2O)C3)cc1. The van der Waals surface area contributed by atoms with E-state index in [0.29, 0.717) is 18.1 Å². The van der Waals surface area contributed by atoms with Gasteiger partial charge in [-0.1, -0.05) is 30.3 Å². The third-order valence-corrected chi connectivity index (χ3v) is 6.56. The fourth-order valence-electron chi connectivity index (χ4n) is 4.78. The second kappa shape index (κ2) is 9.39. The summed E-state index contributed by atoms with van der Waals surface area (Å²) >= 11 is 0. The van der Waals surface area contributed by atoms with Crippen LogP contribution in [0.3, 0.4) is 0 Å². The molecule has 0 bridgehead atoms. The molecule has 0 radical (unpaired) electrons. The number of aliphatic hydroxyl groups is 1. The lowest BCUT2D eigenvalue weighted by Crippen LogP contribution is -2.46. The molecular weight excluding hydrogens is 414 g/mol. The lowest BCUT2D eigenvalue weighted by Gasteiger charge is -2.34. The van der Waals surface area contributed by atoms with Crippen molar-refractivity contribution in [3.8, 4) is 0 Å². The fourth-order valence-corrected chi connectivity index (χ4v) is 4.78. The van der Waals surface area contributed by atoms with Crippen molar-refractivity contribution in [2.75, 3.05) is 25.0 Å². The van der Waals surface area contributed by atoms with E-state index in [1.54, 1.807) is 19.1 Å². The zero-order chi connectivity index (χ0) is 22.8. The van der Waals surface area contributed by atoms with Gasteiger partial charge in [-0.05, 0) is 36.8 Å². The van der Waals surface area contributed by atoms with Crippen LogP contribution in [-0.2, 0) is 19.5 Å². The van der Waals surface area contributed by atoms with Gasteiger partial charge in [0, 0.05) is 68.2 Å². The fraction of sp³-hybridized carbons (Fsp3) is 0.346. The van der Waals surface area contributed by atoms with Gasteiger partial charge in [-0.2, -0.15) is 0 Å². The molecule has 2 N–H and O–H groups in total. The molecule has 170 valence electrons. The molecule has 2 atom stereocenters. The van der Waals surface area contributed by atoms with Crippen molar-refractivity contribution in [3.63, 3.8) is 0 Å². The smallest absolute Gasteiger partial charge is 0.227 e. The maximum absolute atomic E-state index is 11.5. The van der Waals surface area contributed by atoms with E-state index in [4.69, 9.17) is 4.98 Å². The highest BCUT2D eigenvalue weighted by molar-refractivity contribution is 5.94. The molecule has 33 heavy (non-hydrogen) atoms. The molecular formula is C26H29N5O2. The molecule has 1 aromatic heterocycles. The van der Waals surface area contributed by atoms with Crippen LogP contribution in [0.5, 0.6) is 0 Å². The number of rotatable bonds is 6. The van der Waals surface area contributed by atoms with E-state index in [2.05, 4.69) is 44.4 Å². The first-order valence-electron chi connectivity index (χ1n) is 11.5. The highest BCUT2D eigenvalue weighted by Crippen LogP contribution is 2.26. The van der Waals surface area contributed by atoms with Crippen LogP contribution in [0, 0.1) is 0 Å². The number of fused-ring (bicyclic) bond motifs is 1. The van der Waals surface area contributed by atoms with E-state index in [-0.39, 0.29) is 17.9 Å². The summed E-state index contributed by atoms with van der Waals surface area (Å²) in [5.41, 5.74) is 4.98. The standard InChI is InChI=1S/C26H29N5O2/c1-18(32)20-7-9-22(10-8-20)28-26-27-13-21-15-31(12-11-23(21)29-26)24-16-30(17-25(24)33)14-19-5-3-2-4-6-19/h2-10,13,24-25,33H,11-12,14-17H2,1H3,(H,27,28,29). The molecule has 2 aliphatic heterocycles. The summed E-state index contributed by atoms with van der Waals surface area (Å²) in [6.45, 7) is 5.61. The number of hydrogen-bond acceptors (Lipinski definition) is 7. The van der Waals surface area contributed by atoms with Crippen LogP contribution in [0.15, 0.2) is 60.8 Å². The Morgan fingerprint density at radius 2 is 1.91 bits per heavy atom. The number of aromatic nitrogens is 2. The van der Waals surface area contributed by atoms with Crippen LogP contribution in [0.2, 0.25) is 0 Å². The van der Waals surface area contributed by atoms with Gasteiger partial charge < -0.3 is 10.4 Å². The molecule has 5 rings (SSSR count). The molecule has 2 unspecified atom stereocenters. The number of benzene rings is 2. The molecule has 7 heteroatoms. The average molecular weight is 444 g/mol. The molecule has 0 spiro atoms. The minimum atomic E-state index is -0.352. The summed E-state index contributed by atoms with van der Waals surface area (Å²) in [6, 6.07) is 17.9. The van der Waals surface area contributed by atoms with Gasteiger partial charge in [0.15, 0.2) is 5.78 Å². The number of aliphatic hydroxyl groups excluding tert-OH is 1. The van der Waals surface area contributed by atoms with Crippen molar-refractivity contribution < 1.29 is 9.90 Å². The lowest BCUT2D eigenvalue weighted by molar-refractivity contribution is 0.0740. The van der Waals surface area contributed by atoms with Crippen molar-refractivity contribution in [2.24, 2.45) is 0 Å². The Morgan fingerprint density at radius 1 is 1.12 bits per heavy atom. The maximum Gasteiger partial charge on any atom is 0.227 e. The second-order valence-corrected chi connectivity index (χ2v) is 8.96. The van der Waals surface area contributed by atoms with E-state index in [1.807, 2.05) is 24.4 Å². The van der Waals surface area contributed by atoms with Crippen LogP contribution < -0.4 is 5.32 Å². The van der Waals surface area contributed by atoms with Gasteiger partial charge in [-0.25, -0.2) is 9.97 Å². The highest BCUT2D eigenvalue weighted by atomic mass is 16.3. The Kier molecular flexibility index (Phi) is 6.17. The van der Waals surface area contributed by atoms with E-state index >= 15 is 0 Å². The minimum Gasteiger partial charge on any atom is -0.390 e. The first-order valence-corrected chi connectivity index (χ1v) is 11.5. The molecule has 1 fully saturated rings. The molecule has 2 aliphatic rings. The van der Waals surface area contributed by atoms with Gasteiger partial charge in [0.1, 0.15) is 0 Å². The van der Waals surface area contributed by atoms with Crippen molar-refractivity contribution in [2.45, 2.75) is 38.6 Å². The average Bonchev–Trinajstić information content (AvgIpc) is 3.19. The number of ketones is 1. The minimum absolute atomic E-state index is 0.0479. The van der Waals surface area contributed by atoms with E-state index in [0.717, 1.165) is 49.5 Å². The van der Waals surface area contributed by atoms with Crippen LogP contribution >= 0.6 is 0 Å².